The number of sulfonamides is 1. The zero-order valence-electron chi connectivity index (χ0n) is 18.6. The van der Waals surface area contributed by atoms with Gasteiger partial charge in [-0.15, -0.1) is 11.8 Å². The number of rotatable bonds is 6. The van der Waals surface area contributed by atoms with Crippen molar-refractivity contribution in [2.45, 2.75) is 61.3 Å². The second kappa shape index (κ2) is 9.63. The number of nitrogens with one attached hydrogen (secondary N) is 1. The third kappa shape index (κ3) is 5.04. The minimum atomic E-state index is -3.64. The van der Waals surface area contributed by atoms with E-state index in [0.717, 1.165) is 25.7 Å². The molecule has 0 spiro atoms. The van der Waals surface area contributed by atoms with Crippen LogP contribution in [0.5, 0.6) is 0 Å². The molecule has 3 heterocycles. The number of benzene rings is 1. The van der Waals surface area contributed by atoms with Crippen LogP contribution in [0.15, 0.2) is 29.2 Å². The van der Waals surface area contributed by atoms with Gasteiger partial charge in [-0.3, -0.25) is 9.59 Å². The van der Waals surface area contributed by atoms with Crippen molar-refractivity contribution in [2.24, 2.45) is 0 Å². The van der Waals surface area contributed by atoms with E-state index in [0.29, 0.717) is 37.4 Å². The Morgan fingerprint density at radius 1 is 1.21 bits per heavy atom. The topological polar surface area (TPSA) is 113 Å². The summed E-state index contributed by atoms with van der Waals surface area (Å²) < 4.78 is 32.7. The molecular formula is C22H29N3O6S2. The van der Waals surface area contributed by atoms with E-state index in [1.807, 2.05) is 6.92 Å². The van der Waals surface area contributed by atoms with Crippen molar-refractivity contribution in [3.8, 4) is 0 Å². The predicted octanol–water partition coefficient (Wildman–Crippen LogP) is 2.19. The smallest absolute Gasteiger partial charge is 0.330 e. The Morgan fingerprint density at radius 3 is 2.67 bits per heavy atom. The van der Waals surface area contributed by atoms with Crippen LogP contribution >= 0.6 is 11.8 Å². The Hall–Kier alpha value is -2.11. The van der Waals surface area contributed by atoms with E-state index < -0.39 is 34.5 Å². The zero-order valence-corrected chi connectivity index (χ0v) is 20.3. The van der Waals surface area contributed by atoms with Gasteiger partial charge in [-0.2, -0.15) is 4.31 Å². The van der Waals surface area contributed by atoms with Crippen molar-refractivity contribution in [3.05, 3.63) is 24.3 Å². The summed E-state index contributed by atoms with van der Waals surface area (Å²) in [5.41, 5.74) is 0.311. The maximum Gasteiger partial charge on any atom is 0.330 e. The van der Waals surface area contributed by atoms with Crippen LogP contribution in [0.3, 0.4) is 0 Å². The molecule has 1 aromatic carbocycles. The van der Waals surface area contributed by atoms with E-state index in [-0.39, 0.29) is 15.7 Å². The fraction of sp³-hybridized carbons (Fsp3) is 0.591. The molecule has 2 atom stereocenters. The van der Waals surface area contributed by atoms with Crippen molar-refractivity contribution < 1.29 is 27.5 Å². The molecule has 0 saturated carbocycles. The van der Waals surface area contributed by atoms with E-state index >= 15 is 0 Å². The highest BCUT2D eigenvalue weighted by atomic mass is 32.2. The van der Waals surface area contributed by atoms with Crippen LogP contribution in [0.1, 0.15) is 45.4 Å². The summed E-state index contributed by atoms with van der Waals surface area (Å²) in [5.74, 6) is -0.807. The molecule has 3 fully saturated rings. The molecule has 3 aliphatic heterocycles. The fourth-order valence-electron chi connectivity index (χ4n) is 4.59. The van der Waals surface area contributed by atoms with Crippen molar-refractivity contribution in [2.75, 3.05) is 30.8 Å². The van der Waals surface area contributed by atoms with Crippen molar-refractivity contribution >= 4 is 45.3 Å². The normalized spacial score (nSPS) is 26.0. The lowest BCUT2D eigenvalue weighted by atomic mass is 10.2. The lowest BCUT2D eigenvalue weighted by molar-refractivity contribution is -0.155. The molecule has 0 bridgehead atoms. The molecule has 9 nitrogen and oxygen atoms in total. The van der Waals surface area contributed by atoms with Gasteiger partial charge < -0.3 is 15.0 Å². The standard InChI is InChI=1S/C22H29N3O6S2/c1-22-10-9-20(27)25(22)18(15-32-22)21(28)31-14-19(26)23-16-7-6-8-17(13-16)33(29,30)24-11-4-2-3-5-12-24/h6-8,13,18H,2-5,9-12,14-15H2,1H3,(H,23,26)/t18-,22-/m1/s1. The highest BCUT2D eigenvalue weighted by Gasteiger charge is 2.53. The Labute approximate surface area is 198 Å². The van der Waals surface area contributed by atoms with Gasteiger partial charge in [0.05, 0.1) is 9.77 Å². The fourth-order valence-corrected chi connectivity index (χ4v) is 7.57. The first-order chi connectivity index (χ1) is 15.7. The van der Waals surface area contributed by atoms with E-state index in [4.69, 9.17) is 4.74 Å². The molecule has 33 heavy (non-hydrogen) atoms. The minimum Gasteiger partial charge on any atom is -0.454 e. The van der Waals surface area contributed by atoms with Gasteiger partial charge >= 0.3 is 5.97 Å². The average molecular weight is 496 g/mol. The van der Waals surface area contributed by atoms with Crippen molar-refractivity contribution in [3.63, 3.8) is 0 Å². The highest BCUT2D eigenvalue weighted by molar-refractivity contribution is 8.01. The second-order valence-electron chi connectivity index (χ2n) is 8.77. The number of carbonyl (C=O) groups excluding carboxylic acids is 3. The molecule has 3 saturated heterocycles. The summed E-state index contributed by atoms with van der Waals surface area (Å²) in [7, 11) is -3.64. The maximum atomic E-state index is 13.0. The van der Waals surface area contributed by atoms with Gasteiger partial charge in [0.2, 0.25) is 15.9 Å². The van der Waals surface area contributed by atoms with Crippen molar-refractivity contribution in [1.29, 1.82) is 0 Å². The van der Waals surface area contributed by atoms with Gasteiger partial charge in [-0.1, -0.05) is 18.9 Å². The summed E-state index contributed by atoms with van der Waals surface area (Å²) in [6.07, 6.45) is 4.81. The molecular weight excluding hydrogens is 466 g/mol. The first-order valence-electron chi connectivity index (χ1n) is 11.2. The molecule has 2 amide bonds. The number of thioether (sulfide) groups is 1. The Morgan fingerprint density at radius 2 is 1.94 bits per heavy atom. The highest BCUT2D eigenvalue weighted by Crippen LogP contribution is 2.47. The van der Waals surface area contributed by atoms with Crippen molar-refractivity contribution in [1.82, 2.24) is 9.21 Å². The number of fused-ring (bicyclic) bond motifs is 1. The molecule has 3 aliphatic rings. The maximum absolute atomic E-state index is 13.0. The number of esters is 1. The van der Waals surface area contributed by atoms with Gasteiger partial charge in [0, 0.05) is 31.0 Å². The van der Waals surface area contributed by atoms with Gasteiger partial charge in [-0.05, 0) is 44.4 Å². The van der Waals surface area contributed by atoms with E-state index in [1.165, 1.54) is 16.4 Å². The Balaban J connectivity index is 1.34. The average Bonchev–Trinajstić information content (AvgIpc) is 3.12. The summed E-state index contributed by atoms with van der Waals surface area (Å²) >= 11 is 1.55. The molecule has 180 valence electrons. The Kier molecular flexibility index (Phi) is 7.01. The molecule has 0 unspecified atom stereocenters. The van der Waals surface area contributed by atoms with Gasteiger partial charge in [-0.25, -0.2) is 13.2 Å². The number of hydrogen-bond donors (Lipinski definition) is 1. The molecule has 0 aliphatic carbocycles. The molecule has 1 N–H and O–H groups in total. The van der Waals surface area contributed by atoms with Crippen LogP contribution in [-0.2, 0) is 29.1 Å². The summed E-state index contributed by atoms with van der Waals surface area (Å²) in [4.78, 5) is 38.4. The summed E-state index contributed by atoms with van der Waals surface area (Å²) in [5, 5.41) is 2.59. The van der Waals surface area contributed by atoms with Crippen LogP contribution in [0.25, 0.3) is 0 Å². The largest absolute Gasteiger partial charge is 0.454 e. The molecule has 0 aromatic heterocycles. The monoisotopic (exact) mass is 495 g/mol. The Bertz CT molecular complexity index is 1040. The number of anilines is 1. The molecule has 4 rings (SSSR count). The lowest BCUT2D eigenvalue weighted by Gasteiger charge is -2.29. The summed E-state index contributed by atoms with van der Waals surface area (Å²) in [6, 6.07) is 5.40. The first kappa shape index (κ1) is 24.0. The molecule has 11 heteroatoms. The quantitative estimate of drug-likeness (QED) is 0.602. The van der Waals surface area contributed by atoms with Crippen LogP contribution in [0, 0.1) is 0 Å². The third-order valence-electron chi connectivity index (χ3n) is 6.38. The number of hydrogen-bond acceptors (Lipinski definition) is 7. The number of ether oxygens (including phenoxy) is 1. The number of amides is 2. The van der Waals surface area contributed by atoms with Crippen LogP contribution in [-0.4, -0.2) is 71.8 Å². The van der Waals surface area contributed by atoms with Crippen LogP contribution in [0.4, 0.5) is 5.69 Å². The SMILES string of the molecule is C[C@@]12CCC(=O)N1[C@@H](C(=O)OCC(=O)Nc1cccc(S(=O)(=O)N3CCCCCC3)c1)CS2. The lowest BCUT2D eigenvalue weighted by Crippen LogP contribution is -2.47. The van der Waals surface area contributed by atoms with E-state index in [9.17, 15) is 22.8 Å². The summed E-state index contributed by atoms with van der Waals surface area (Å²) in [6.45, 7) is 2.41. The van der Waals surface area contributed by atoms with Crippen LogP contribution < -0.4 is 5.32 Å². The molecule has 0 radical (unpaired) electrons. The van der Waals surface area contributed by atoms with Gasteiger partial charge in [0.15, 0.2) is 6.61 Å². The predicted molar refractivity (Wildman–Crippen MR) is 124 cm³/mol. The van der Waals surface area contributed by atoms with E-state index in [1.54, 1.807) is 28.8 Å². The number of nitrogens with zero attached hydrogens (tertiary/aromatic N) is 2. The van der Waals surface area contributed by atoms with Gasteiger partial charge in [0.1, 0.15) is 6.04 Å². The third-order valence-corrected chi connectivity index (χ3v) is 9.78. The zero-order chi connectivity index (χ0) is 23.6. The minimum absolute atomic E-state index is 0.0728. The second-order valence-corrected chi connectivity index (χ2v) is 12.2. The van der Waals surface area contributed by atoms with Crippen LogP contribution in [0.2, 0.25) is 0 Å². The molecule has 1 aromatic rings. The van der Waals surface area contributed by atoms with Gasteiger partial charge in [0.25, 0.3) is 5.91 Å². The van der Waals surface area contributed by atoms with E-state index in [2.05, 4.69) is 5.32 Å². The first-order valence-corrected chi connectivity index (χ1v) is 13.7. The number of carbonyl (C=O) groups is 3.